The summed E-state index contributed by atoms with van der Waals surface area (Å²) in [5, 5.41) is 11.5. The molecule has 0 fully saturated rings. The number of halogens is 1. The molecule has 0 aliphatic rings. The Bertz CT molecular complexity index is 1950. The quantitative estimate of drug-likeness (QED) is 0.250. The summed E-state index contributed by atoms with van der Waals surface area (Å²) in [6, 6.07) is 20.4. The third kappa shape index (κ3) is 4.85. The van der Waals surface area contributed by atoms with Gasteiger partial charge in [-0.1, -0.05) is 54.2 Å². The number of benzene rings is 3. The molecule has 3 aromatic carbocycles. The van der Waals surface area contributed by atoms with E-state index < -0.39 is 22.8 Å². The maximum atomic E-state index is 14.3. The minimum absolute atomic E-state index is 0.0466. The van der Waals surface area contributed by atoms with E-state index in [0.717, 1.165) is 5.56 Å². The van der Waals surface area contributed by atoms with E-state index in [9.17, 15) is 19.1 Å². The van der Waals surface area contributed by atoms with Crippen LogP contribution < -0.4 is 15.9 Å². The van der Waals surface area contributed by atoms with Crippen molar-refractivity contribution in [1.82, 2.24) is 14.1 Å². The third-order valence-corrected chi connectivity index (χ3v) is 7.55. The molecule has 8 nitrogen and oxygen atoms in total. The van der Waals surface area contributed by atoms with Gasteiger partial charge in [-0.25, -0.2) is 14.2 Å². The maximum Gasteiger partial charge on any atom is 0.354 e. The summed E-state index contributed by atoms with van der Waals surface area (Å²) in [4.78, 5) is 30.8. The Morgan fingerprint density at radius 3 is 2.60 bits per heavy atom. The zero-order valence-electron chi connectivity index (χ0n) is 21.0. The molecule has 0 atom stereocenters. The monoisotopic (exact) mass is 555 g/mol. The summed E-state index contributed by atoms with van der Waals surface area (Å²) >= 11 is 0.711. The van der Waals surface area contributed by atoms with Gasteiger partial charge in [0.25, 0.3) is 5.56 Å². The van der Waals surface area contributed by atoms with Crippen molar-refractivity contribution in [2.24, 2.45) is 0 Å². The van der Waals surface area contributed by atoms with Crippen LogP contribution in [-0.2, 0) is 13.1 Å². The number of imidazole rings is 1. The molecule has 6 rings (SSSR count). The Balaban J connectivity index is 1.51. The molecule has 0 bridgehead atoms. The Labute approximate surface area is 230 Å². The number of fused-ring (bicyclic) bond motifs is 3. The van der Waals surface area contributed by atoms with Gasteiger partial charge >= 0.3 is 5.63 Å². The Kier molecular flexibility index (Phi) is 6.83. The summed E-state index contributed by atoms with van der Waals surface area (Å²) < 4.78 is 29.3. The molecular formula is C30H22FN3O5S. The van der Waals surface area contributed by atoms with Crippen molar-refractivity contribution in [2.75, 3.05) is 6.61 Å². The summed E-state index contributed by atoms with van der Waals surface area (Å²) in [6.07, 6.45) is 5.22. The molecule has 0 amide bonds. The largest absolute Gasteiger partial charge is 0.505 e. The van der Waals surface area contributed by atoms with E-state index in [1.807, 2.05) is 41.1 Å². The highest BCUT2D eigenvalue weighted by atomic mass is 32.2. The molecule has 10 heteroatoms. The van der Waals surface area contributed by atoms with Gasteiger partial charge in [0.15, 0.2) is 11.3 Å². The first-order chi connectivity index (χ1) is 19.5. The zero-order valence-corrected chi connectivity index (χ0v) is 21.8. The number of hydrogen-bond donors (Lipinski definition) is 1. The van der Waals surface area contributed by atoms with Crippen molar-refractivity contribution in [2.45, 2.75) is 22.9 Å². The van der Waals surface area contributed by atoms with Crippen LogP contribution in [0.4, 0.5) is 4.39 Å². The molecule has 3 aromatic heterocycles. The van der Waals surface area contributed by atoms with E-state index in [0.29, 0.717) is 41.6 Å². The lowest BCUT2D eigenvalue weighted by molar-refractivity contribution is 0.298. The lowest BCUT2D eigenvalue weighted by Gasteiger charge is -2.16. The number of aromatic hydroxyl groups is 1. The zero-order chi connectivity index (χ0) is 27.6. The standard InChI is InChI=1S/C30H22FN3O5S/c31-22-8-4-5-9-24(22)40-28-26(35)25-27(39-30(28)37)21-11-10-20(38-15-14-33-13-12-32-18-33)16-23(21)34(29(25)36)17-19-6-2-1-3-7-19/h1-13,16,18,35H,14-15,17H2. The molecule has 0 saturated heterocycles. The van der Waals surface area contributed by atoms with Gasteiger partial charge in [-0.05, 0) is 29.8 Å². The fourth-order valence-electron chi connectivity index (χ4n) is 4.50. The van der Waals surface area contributed by atoms with E-state index in [2.05, 4.69) is 4.98 Å². The highest BCUT2D eigenvalue weighted by molar-refractivity contribution is 7.99. The molecule has 6 aromatic rings. The molecular weight excluding hydrogens is 533 g/mol. The highest BCUT2D eigenvalue weighted by Crippen LogP contribution is 2.38. The van der Waals surface area contributed by atoms with Gasteiger partial charge in [0.05, 0.1) is 24.9 Å². The summed E-state index contributed by atoms with van der Waals surface area (Å²) in [5.74, 6) is -0.590. The molecule has 3 heterocycles. The van der Waals surface area contributed by atoms with Crippen molar-refractivity contribution in [3.05, 3.63) is 124 Å². The third-order valence-electron chi connectivity index (χ3n) is 6.43. The topological polar surface area (TPSA) is 99.5 Å². The van der Waals surface area contributed by atoms with Crippen LogP contribution in [0.3, 0.4) is 0 Å². The summed E-state index contributed by atoms with van der Waals surface area (Å²) in [7, 11) is 0. The average Bonchev–Trinajstić information content (AvgIpc) is 3.48. The number of hydrogen-bond acceptors (Lipinski definition) is 7. The fourth-order valence-corrected chi connectivity index (χ4v) is 5.35. The van der Waals surface area contributed by atoms with E-state index >= 15 is 0 Å². The molecule has 0 spiro atoms. The van der Waals surface area contributed by atoms with Gasteiger partial charge in [0.1, 0.15) is 28.5 Å². The molecule has 0 unspecified atom stereocenters. The molecule has 0 aliphatic heterocycles. The fraction of sp³-hybridized carbons (Fsp3) is 0.100. The Morgan fingerprint density at radius 1 is 1.02 bits per heavy atom. The average molecular weight is 556 g/mol. The van der Waals surface area contributed by atoms with Gasteiger partial charge in [0, 0.05) is 28.7 Å². The minimum atomic E-state index is -0.875. The number of pyridine rings is 1. The number of ether oxygens (including phenoxy) is 1. The van der Waals surface area contributed by atoms with Crippen LogP contribution in [0.2, 0.25) is 0 Å². The van der Waals surface area contributed by atoms with E-state index in [1.54, 1.807) is 36.8 Å². The lowest BCUT2D eigenvalue weighted by Crippen LogP contribution is -2.23. The van der Waals surface area contributed by atoms with Gasteiger partial charge < -0.3 is 23.4 Å². The first-order valence-corrected chi connectivity index (χ1v) is 13.2. The first-order valence-electron chi connectivity index (χ1n) is 12.4. The van der Waals surface area contributed by atoms with Gasteiger partial charge in [-0.15, -0.1) is 0 Å². The van der Waals surface area contributed by atoms with Crippen LogP contribution in [0.5, 0.6) is 11.5 Å². The van der Waals surface area contributed by atoms with Crippen molar-refractivity contribution < 1.29 is 18.7 Å². The predicted molar refractivity (Wildman–Crippen MR) is 150 cm³/mol. The van der Waals surface area contributed by atoms with Crippen LogP contribution in [-0.4, -0.2) is 25.8 Å². The van der Waals surface area contributed by atoms with E-state index in [-0.39, 0.29) is 27.3 Å². The molecule has 0 aliphatic carbocycles. The van der Waals surface area contributed by atoms with Crippen LogP contribution in [0.25, 0.3) is 21.9 Å². The number of aromatic nitrogens is 3. The lowest BCUT2D eigenvalue weighted by atomic mass is 10.1. The second-order valence-electron chi connectivity index (χ2n) is 9.01. The van der Waals surface area contributed by atoms with Gasteiger partial charge in [-0.2, -0.15) is 0 Å². The van der Waals surface area contributed by atoms with Crippen molar-refractivity contribution in [3.8, 4) is 11.5 Å². The molecule has 1 N–H and O–H groups in total. The van der Waals surface area contributed by atoms with Crippen molar-refractivity contribution >= 4 is 33.6 Å². The molecule has 0 saturated carbocycles. The van der Waals surface area contributed by atoms with Crippen molar-refractivity contribution in [3.63, 3.8) is 0 Å². The molecule has 0 radical (unpaired) electrons. The molecule has 200 valence electrons. The first kappa shape index (κ1) is 25.4. The van der Waals surface area contributed by atoms with Crippen LogP contribution in [0, 0.1) is 5.82 Å². The van der Waals surface area contributed by atoms with Crippen LogP contribution in [0.1, 0.15) is 5.56 Å². The van der Waals surface area contributed by atoms with Crippen LogP contribution >= 0.6 is 11.8 Å². The van der Waals surface area contributed by atoms with E-state index in [1.165, 1.54) is 22.8 Å². The second-order valence-corrected chi connectivity index (χ2v) is 10.1. The Morgan fingerprint density at radius 2 is 1.82 bits per heavy atom. The number of rotatable bonds is 8. The second kappa shape index (κ2) is 10.7. The van der Waals surface area contributed by atoms with Gasteiger partial charge in [-0.3, -0.25) is 4.79 Å². The Hall–Kier alpha value is -4.83. The van der Waals surface area contributed by atoms with Crippen LogP contribution in [0.15, 0.2) is 115 Å². The van der Waals surface area contributed by atoms with Gasteiger partial charge in [0.2, 0.25) is 0 Å². The normalized spacial score (nSPS) is 11.3. The summed E-state index contributed by atoms with van der Waals surface area (Å²) in [5.41, 5.74) is -0.151. The predicted octanol–water partition coefficient (Wildman–Crippen LogP) is 5.43. The number of nitrogens with zero attached hydrogens (tertiary/aromatic N) is 3. The maximum absolute atomic E-state index is 14.3. The van der Waals surface area contributed by atoms with Crippen molar-refractivity contribution in [1.29, 1.82) is 0 Å². The molecule has 40 heavy (non-hydrogen) atoms. The minimum Gasteiger partial charge on any atom is -0.505 e. The summed E-state index contributed by atoms with van der Waals surface area (Å²) in [6.45, 7) is 1.14. The SMILES string of the molecule is O=c1oc2c(c(O)c1Sc1ccccc1F)c(=O)n(Cc1ccccc1)c1cc(OCCn3ccnc3)ccc21. The highest BCUT2D eigenvalue weighted by Gasteiger charge is 2.23. The smallest absolute Gasteiger partial charge is 0.354 e. The van der Waals surface area contributed by atoms with E-state index in [4.69, 9.17) is 9.15 Å².